The van der Waals surface area contributed by atoms with E-state index in [2.05, 4.69) is 34.9 Å². The van der Waals surface area contributed by atoms with Crippen LogP contribution in [0.25, 0.3) is 28.4 Å². The van der Waals surface area contributed by atoms with Crippen molar-refractivity contribution in [2.75, 3.05) is 39.4 Å². The largest absolute Gasteiger partial charge is 0.741 e. The Kier molecular flexibility index (Phi) is 14.4. The Morgan fingerprint density at radius 1 is 1.12 bits per heavy atom. The Bertz CT molecular complexity index is 2410. The lowest BCUT2D eigenvalue weighted by molar-refractivity contribution is -0.661. The number of unbranched alkanes of at least 4 members (excludes halogenated alkanes) is 1. The Labute approximate surface area is 348 Å². The number of hydrogen-bond acceptors (Lipinski definition) is 11. The number of halogens is 3. The van der Waals surface area contributed by atoms with Crippen LogP contribution in [0.5, 0.6) is 11.5 Å². The summed E-state index contributed by atoms with van der Waals surface area (Å²) in [6.07, 6.45) is 9.10. The van der Waals surface area contributed by atoms with E-state index in [1.165, 1.54) is 5.56 Å². The van der Waals surface area contributed by atoms with Crippen molar-refractivity contribution in [1.82, 2.24) is 30.4 Å². The molecule has 5 aromatic rings. The number of carbonyl (C=O) groups excluding carboxylic acids is 2. The summed E-state index contributed by atoms with van der Waals surface area (Å²) in [5.41, 5.74) is 1.25. The van der Waals surface area contributed by atoms with Gasteiger partial charge in [-0.2, -0.15) is 13.2 Å². The van der Waals surface area contributed by atoms with Crippen LogP contribution in [0.4, 0.5) is 22.8 Å². The van der Waals surface area contributed by atoms with Crippen LogP contribution < -0.4 is 24.8 Å². The molecule has 0 atom stereocenters. The van der Waals surface area contributed by atoms with Gasteiger partial charge in [-0.1, -0.05) is 48.5 Å². The second-order valence-electron chi connectivity index (χ2n) is 13.5. The molecule has 0 spiro atoms. The molecule has 2 aliphatic rings. The molecule has 0 radical (unpaired) electrons. The van der Waals surface area contributed by atoms with E-state index in [-0.39, 0.29) is 12.6 Å². The minimum absolute atomic E-state index is 0.0702. The molecule has 2 N–H and O–H groups in total. The number of fused-ring (bicyclic) bond motifs is 1. The molecule has 15 nitrogen and oxygen atoms in total. The molecule has 2 aromatic heterocycles. The first-order valence-electron chi connectivity index (χ1n) is 18.8. The van der Waals surface area contributed by atoms with Crippen molar-refractivity contribution in [2.24, 2.45) is 7.05 Å². The third-order valence-corrected chi connectivity index (χ3v) is 10.7. The summed E-state index contributed by atoms with van der Waals surface area (Å²) in [7, 11) is -4.16. The van der Waals surface area contributed by atoms with Gasteiger partial charge in [-0.15, -0.1) is 20.7 Å². The zero-order valence-corrected chi connectivity index (χ0v) is 34.0. The van der Waals surface area contributed by atoms with Gasteiger partial charge >= 0.3 is 17.6 Å². The molecule has 3 amide bonds. The normalized spacial score (nSPS) is 13.7. The van der Waals surface area contributed by atoms with Crippen LogP contribution in [0.3, 0.4) is 0 Å². The number of thiazole rings is 1. The SMILES string of the molecule is Cn1n[n+](-c2ccc(-c3nc(C=Cc4ccc5c(c4)OCC5)cs3)c(OCCN3CCNC3=O)c2)cc1CCCCNC(=O)OCc1ccccc1.O=S(=O)([O-])C(F)(F)F. The van der Waals surface area contributed by atoms with Crippen LogP contribution in [0.1, 0.15) is 40.9 Å². The highest BCUT2D eigenvalue weighted by Crippen LogP contribution is 2.34. The summed E-state index contributed by atoms with van der Waals surface area (Å²) in [6.45, 7) is 3.64. The number of nitrogens with one attached hydrogen (secondary N) is 2. The van der Waals surface area contributed by atoms with Crippen LogP contribution >= 0.6 is 11.3 Å². The molecule has 0 saturated carbocycles. The molecule has 1 saturated heterocycles. The fourth-order valence-corrected chi connectivity index (χ4v) is 6.91. The zero-order valence-electron chi connectivity index (χ0n) is 32.4. The van der Waals surface area contributed by atoms with Crippen molar-refractivity contribution < 1.29 is 54.6 Å². The Hall–Kier alpha value is -5.99. The maximum absolute atomic E-state index is 12.1. The molecule has 1 fully saturated rings. The Morgan fingerprint density at radius 2 is 1.92 bits per heavy atom. The highest BCUT2D eigenvalue weighted by Gasteiger charge is 2.37. The topological polar surface area (TPSA) is 181 Å². The van der Waals surface area contributed by atoms with Crippen LogP contribution in [0, 0.1) is 0 Å². The number of aromatic nitrogens is 4. The number of hydrogen-bond donors (Lipinski definition) is 2. The standard InChI is InChI=1S/C39H41N7O5S.CHF3O3S/c1-44-33(9-5-6-17-41-39(48)51-26-29-7-3-2-4-8-29)25-46(43-44)32-14-15-34(36(24-32)50-22-20-45-19-18-40-38(45)47)37-42-31(27-52-37)13-11-28-10-12-30-16-21-49-35(30)23-28;2-1(3,4)8(5,6)7/h2-4,7-8,10-15,23-25,27H,5-6,9,16-22,26H2,1H3,(H-,40,41,47,48);(H,5,6,7). The quantitative estimate of drug-likeness (QED) is 0.0580. The van der Waals surface area contributed by atoms with Gasteiger partial charge in [0.25, 0.3) is 0 Å². The molecule has 3 aromatic carbocycles. The van der Waals surface area contributed by atoms with E-state index >= 15 is 0 Å². The summed E-state index contributed by atoms with van der Waals surface area (Å²) < 4.78 is 80.0. The molecule has 60 heavy (non-hydrogen) atoms. The number of ether oxygens (including phenoxy) is 3. The van der Waals surface area contributed by atoms with Crippen LogP contribution in [0.2, 0.25) is 0 Å². The average Bonchev–Trinajstić information content (AvgIpc) is 4.04. The van der Waals surface area contributed by atoms with Gasteiger partial charge in [0, 0.05) is 43.9 Å². The van der Waals surface area contributed by atoms with Crippen LogP contribution in [-0.4, -0.2) is 89.8 Å². The third kappa shape index (κ3) is 12.0. The van der Waals surface area contributed by atoms with E-state index in [1.807, 2.05) is 82.6 Å². The molecule has 20 heteroatoms. The van der Waals surface area contributed by atoms with E-state index in [0.29, 0.717) is 38.5 Å². The lowest BCUT2D eigenvalue weighted by Crippen LogP contribution is -2.33. The van der Waals surface area contributed by atoms with Crippen molar-refractivity contribution in [3.63, 3.8) is 0 Å². The van der Waals surface area contributed by atoms with Crippen molar-refractivity contribution in [3.05, 3.63) is 106 Å². The summed E-state index contributed by atoms with van der Waals surface area (Å²) in [5, 5.41) is 13.3. The van der Waals surface area contributed by atoms with Gasteiger partial charge in [0.15, 0.2) is 27.7 Å². The lowest BCUT2D eigenvalue weighted by atomic mass is 10.1. The summed E-state index contributed by atoms with van der Waals surface area (Å²) >= 11 is 1.55. The third-order valence-electron chi connectivity index (χ3n) is 9.26. The van der Waals surface area contributed by atoms with Crippen LogP contribution in [-0.2, 0) is 41.4 Å². The Morgan fingerprint density at radius 3 is 2.67 bits per heavy atom. The Balaban J connectivity index is 0.000000686. The van der Waals surface area contributed by atoms with E-state index in [9.17, 15) is 22.8 Å². The fraction of sp³-hybridized carbons (Fsp3) is 0.325. The number of benzene rings is 3. The second-order valence-corrected chi connectivity index (χ2v) is 15.8. The zero-order chi connectivity index (χ0) is 42.7. The summed E-state index contributed by atoms with van der Waals surface area (Å²) in [5.74, 6) is 1.63. The fourth-order valence-electron chi connectivity index (χ4n) is 6.10. The van der Waals surface area contributed by atoms with Gasteiger partial charge < -0.3 is 34.3 Å². The predicted molar refractivity (Wildman–Crippen MR) is 214 cm³/mol. The predicted octanol–water partition coefficient (Wildman–Crippen LogP) is 5.63. The van der Waals surface area contributed by atoms with Gasteiger partial charge in [-0.25, -0.2) is 23.0 Å². The highest BCUT2D eigenvalue weighted by atomic mass is 32.2. The van der Waals surface area contributed by atoms with E-state index in [4.69, 9.17) is 37.4 Å². The maximum atomic E-state index is 12.1. The summed E-state index contributed by atoms with van der Waals surface area (Å²) in [6, 6.07) is 21.9. The van der Waals surface area contributed by atoms with Crippen molar-refractivity contribution in [3.8, 4) is 27.8 Å². The van der Waals surface area contributed by atoms with Crippen molar-refractivity contribution >= 4 is 45.7 Å². The minimum atomic E-state index is -6.09. The molecule has 0 unspecified atom stereocenters. The lowest BCUT2D eigenvalue weighted by Gasteiger charge is -2.16. The number of aryl methyl sites for hydroxylation is 2. The number of carbonyl (C=O) groups is 2. The van der Waals surface area contributed by atoms with Gasteiger partial charge in [0.05, 0.1) is 29.6 Å². The molecule has 0 bridgehead atoms. The van der Waals surface area contributed by atoms with E-state index in [0.717, 1.165) is 76.8 Å². The number of alkyl halides is 3. The molecule has 2 aliphatic heterocycles. The van der Waals surface area contributed by atoms with Crippen molar-refractivity contribution in [1.29, 1.82) is 0 Å². The smallest absolute Gasteiger partial charge is 0.485 e. The van der Waals surface area contributed by atoms with Gasteiger partial charge in [-0.05, 0) is 53.8 Å². The highest BCUT2D eigenvalue weighted by molar-refractivity contribution is 7.86. The molecule has 0 aliphatic carbocycles. The van der Waals surface area contributed by atoms with Gasteiger partial charge in [0.1, 0.15) is 36.8 Å². The first kappa shape index (κ1) is 43.6. The van der Waals surface area contributed by atoms with Crippen molar-refractivity contribution in [2.45, 2.75) is 37.8 Å². The average molecular weight is 870 g/mol. The number of rotatable bonds is 15. The summed E-state index contributed by atoms with van der Waals surface area (Å²) in [4.78, 5) is 30.9. The molecular weight excluding hydrogens is 828 g/mol. The van der Waals surface area contributed by atoms with E-state index < -0.39 is 21.7 Å². The molecule has 7 rings (SSSR count). The van der Waals surface area contributed by atoms with Gasteiger partial charge in [-0.3, -0.25) is 0 Å². The molecule has 318 valence electrons. The molecular formula is C40H42F3N7O8S2. The first-order valence-corrected chi connectivity index (χ1v) is 21.1. The monoisotopic (exact) mass is 869 g/mol. The number of alkyl carbamates (subject to hydrolysis) is 1. The number of nitrogens with zero attached hydrogens (tertiary/aromatic N) is 5. The minimum Gasteiger partial charge on any atom is -0.741 e. The first-order chi connectivity index (χ1) is 28.7. The molecule has 4 heterocycles. The maximum Gasteiger partial charge on any atom is 0.485 e. The van der Waals surface area contributed by atoms with Crippen LogP contribution in [0.15, 0.2) is 78.3 Å². The number of amides is 3. The number of urea groups is 1. The van der Waals surface area contributed by atoms with Gasteiger partial charge in [0.2, 0.25) is 0 Å². The van der Waals surface area contributed by atoms with E-state index in [1.54, 1.807) is 16.2 Å². The second kappa shape index (κ2) is 19.8.